The molecule has 1 aromatic heterocycles. The van der Waals surface area contributed by atoms with E-state index in [1.807, 2.05) is 19.1 Å². The summed E-state index contributed by atoms with van der Waals surface area (Å²) in [5, 5.41) is 17.7. The summed E-state index contributed by atoms with van der Waals surface area (Å²) in [7, 11) is -0.964. The number of hydrogen-bond acceptors (Lipinski definition) is 5. The molecule has 26 heavy (non-hydrogen) atoms. The van der Waals surface area contributed by atoms with Crippen LogP contribution in [0, 0.1) is 5.82 Å². The number of carbonyl (C=O) groups is 1. The lowest BCUT2D eigenvalue weighted by molar-refractivity contribution is 0.0988. The SMILES string of the molecule is CC1OB(O)c2cc(CC(=O)c3cn(-c4ccc(F)cc4)nn3)ccc21. The molecular formula is C18H15BFN3O3. The first kappa shape index (κ1) is 16.6. The molecular weight excluding hydrogens is 336 g/mol. The van der Waals surface area contributed by atoms with Crippen LogP contribution < -0.4 is 5.46 Å². The van der Waals surface area contributed by atoms with Gasteiger partial charge in [0.25, 0.3) is 0 Å². The largest absolute Gasteiger partial charge is 0.491 e. The zero-order valence-electron chi connectivity index (χ0n) is 14.0. The molecule has 1 unspecified atom stereocenters. The fraction of sp³-hybridized carbons (Fsp3) is 0.167. The molecule has 4 rings (SSSR count). The molecule has 0 saturated heterocycles. The van der Waals surface area contributed by atoms with Crippen LogP contribution in [-0.2, 0) is 11.1 Å². The first-order valence-corrected chi connectivity index (χ1v) is 8.19. The maximum Gasteiger partial charge on any atom is 0.491 e. The monoisotopic (exact) mass is 351 g/mol. The number of halogens is 1. The molecule has 0 saturated carbocycles. The maximum absolute atomic E-state index is 13.0. The Kier molecular flexibility index (Phi) is 4.14. The Balaban J connectivity index is 1.52. The summed E-state index contributed by atoms with van der Waals surface area (Å²) in [5.41, 5.74) is 3.22. The Labute approximate surface area is 149 Å². The third-order valence-corrected chi connectivity index (χ3v) is 4.42. The molecule has 1 atom stereocenters. The average molecular weight is 351 g/mol. The van der Waals surface area contributed by atoms with Gasteiger partial charge in [-0.05, 0) is 47.8 Å². The highest BCUT2D eigenvalue weighted by Gasteiger charge is 2.32. The van der Waals surface area contributed by atoms with E-state index >= 15 is 0 Å². The summed E-state index contributed by atoms with van der Waals surface area (Å²) in [4.78, 5) is 12.5. The van der Waals surface area contributed by atoms with Crippen LogP contribution in [-0.4, -0.2) is 32.9 Å². The summed E-state index contributed by atoms with van der Waals surface area (Å²) < 4.78 is 19.8. The average Bonchev–Trinajstić information content (AvgIpc) is 3.22. The van der Waals surface area contributed by atoms with Gasteiger partial charge in [0.15, 0.2) is 5.78 Å². The second-order valence-corrected chi connectivity index (χ2v) is 6.22. The van der Waals surface area contributed by atoms with Gasteiger partial charge in [-0.15, -0.1) is 5.10 Å². The lowest BCUT2D eigenvalue weighted by atomic mass is 9.78. The van der Waals surface area contributed by atoms with Crippen LogP contribution in [0.2, 0.25) is 0 Å². The smallest absolute Gasteiger partial charge is 0.423 e. The van der Waals surface area contributed by atoms with E-state index in [-0.39, 0.29) is 29.8 Å². The molecule has 0 bridgehead atoms. The first-order chi connectivity index (χ1) is 12.5. The summed E-state index contributed by atoms with van der Waals surface area (Å²) in [6.45, 7) is 1.87. The number of hydrogen-bond donors (Lipinski definition) is 1. The van der Waals surface area contributed by atoms with E-state index in [4.69, 9.17) is 4.65 Å². The van der Waals surface area contributed by atoms with Crippen LogP contribution in [0.4, 0.5) is 4.39 Å². The third kappa shape index (κ3) is 3.04. The molecule has 0 amide bonds. The van der Waals surface area contributed by atoms with E-state index < -0.39 is 7.12 Å². The molecule has 2 heterocycles. The fourth-order valence-corrected chi connectivity index (χ4v) is 3.05. The number of benzene rings is 2. The molecule has 2 aromatic carbocycles. The van der Waals surface area contributed by atoms with Gasteiger partial charge < -0.3 is 9.68 Å². The van der Waals surface area contributed by atoms with Gasteiger partial charge in [0.05, 0.1) is 18.0 Å². The Morgan fingerprint density at radius 3 is 2.85 bits per heavy atom. The number of nitrogens with zero attached hydrogens (tertiary/aromatic N) is 3. The van der Waals surface area contributed by atoms with Gasteiger partial charge in [0, 0.05) is 6.42 Å². The molecule has 3 aromatic rings. The highest BCUT2D eigenvalue weighted by atomic mass is 19.1. The lowest BCUT2D eigenvalue weighted by Crippen LogP contribution is -2.28. The molecule has 0 aliphatic carbocycles. The molecule has 0 spiro atoms. The molecule has 1 N–H and O–H groups in total. The van der Waals surface area contributed by atoms with Gasteiger partial charge in [-0.25, -0.2) is 9.07 Å². The van der Waals surface area contributed by atoms with E-state index in [0.717, 1.165) is 11.1 Å². The van der Waals surface area contributed by atoms with Gasteiger partial charge in [0.2, 0.25) is 0 Å². The van der Waals surface area contributed by atoms with Gasteiger partial charge in [0.1, 0.15) is 11.5 Å². The van der Waals surface area contributed by atoms with E-state index in [2.05, 4.69) is 10.3 Å². The van der Waals surface area contributed by atoms with Crippen molar-refractivity contribution in [1.29, 1.82) is 0 Å². The van der Waals surface area contributed by atoms with Gasteiger partial charge in [-0.3, -0.25) is 4.79 Å². The minimum Gasteiger partial charge on any atom is -0.423 e. The second kappa shape index (κ2) is 6.47. The number of aromatic nitrogens is 3. The zero-order chi connectivity index (χ0) is 18.3. The van der Waals surface area contributed by atoms with Crippen LogP contribution in [0.3, 0.4) is 0 Å². The van der Waals surface area contributed by atoms with E-state index in [9.17, 15) is 14.2 Å². The topological polar surface area (TPSA) is 77.2 Å². The number of carbonyl (C=O) groups excluding carboxylic acids is 1. The Bertz CT molecular complexity index is 974. The maximum atomic E-state index is 13.0. The summed E-state index contributed by atoms with van der Waals surface area (Å²) in [6, 6.07) is 11.2. The van der Waals surface area contributed by atoms with E-state index in [0.29, 0.717) is 11.2 Å². The molecule has 1 aliphatic rings. The molecule has 0 radical (unpaired) electrons. The van der Waals surface area contributed by atoms with Crippen LogP contribution in [0.5, 0.6) is 0 Å². The third-order valence-electron chi connectivity index (χ3n) is 4.42. The Morgan fingerprint density at radius 1 is 1.31 bits per heavy atom. The van der Waals surface area contributed by atoms with Gasteiger partial charge in [-0.1, -0.05) is 23.4 Å². The predicted octanol–water partition coefficient (Wildman–Crippen LogP) is 1.61. The normalized spacial score (nSPS) is 16.0. The Morgan fingerprint density at radius 2 is 2.08 bits per heavy atom. The lowest BCUT2D eigenvalue weighted by Gasteiger charge is -2.05. The van der Waals surface area contributed by atoms with Crippen molar-refractivity contribution >= 4 is 18.4 Å². The highest BCUT2D eigenvalue weighted by molar-refractivity contribution is 6.61. The number of ketones is 1. The minimum atomic E-state index is -0.964. The van der Waals surface area contributed by atoms with Gasteiger partial charge >= 0.3 is 7.12 Å². The quantitative estimate of drug-likeness (QED) is 0.571. The van der Waals surface area contributed by atoms with Crippen molar-refractivity contribution in [2.45, 2.75) is 19.4 Å². The first-order valence-electron chi connectivity index (χ1n) is 8.19. The molecule has 0 fully saturated rings. The number of Topliss-reactive ketones (excluding diaryl/α,β-unsaturated/α-hetero) is 1. The summed E-state index contributed by atoms with van der Waals surface area (Å²) in [5.74, 6) is -0.540. The minimum absolute atomic E-state index is 0.135. The van der Waals surface area contributed by atoms with Crippen molar-refractivity contribution in [2.24, 2.45) is 0 Å². The van der Waals surface area contributed by atoms with Crippen LogP contribution in [0.1, 0.15) is 34.6 Å². The zero-order valence-corrected chi connectivity index (χ0v) is 14.0. The van der Waals surface area contributed by atoms with E-state index in [1.54, 1.807) is 18.2 Å². The molecule has 1 aliphatic heterocycles. The summed E-state index contributed by atoms with van der Waals surface area (Å²) in [6.07, 6.45) is 1.49. The fourth-order valence-electron chi connectivity index (χ4n) is 3.05. The van der Waals surface area contributed by atoms with E-state index in [1.165, 1.54) is 23.0 Å². The van der Waals surface area contributed by atoms with Gasteiger partial charge in [-0.2, -0.15) is 0 Å². The highest BCUT2D eigenvalue weighted by Crippen LogP contribution is 2.23. The predicted molar refractivity (Wildman–Crippen MR) is 92.9 cm³/mol. The molecule has 6 nitrogen and oxygen atoms in total. The second-order valence-electron chi connectivity index (χ2n) is 6.22. The van der Waals surface area contributed by atoms with Crippen LogP contribution in [0.25, 0.3) is 5.69 Å². The molecule has 130 valence electrons. The van der Waals surface area contributed by atoms with Crippen molar-refractivity contribution in [3.05, 3.63) is 71.3 Å². The van der Waals surface area contributed by atoms with Crippen LogP contribution >= 0.6 is 0 Å². The van der Waals surface area contributed by atoms with Crippen molar-refractivity contribution < 1.29 is 18.9 Å². The van der Waals surface area contributed by atoms with Crippen molar-refractivity contribution in [3.63, 3.8) is 0 Å². The van der Waals surface area contributed by atoms with Crippen molar-refractivity contribution in [3.8, 4) is 5.69 Å². The summed E-state index contributed by atoms with van der Waals surface area (Å²) >= 11 is 0. The van der Waals surface area contributed by atoms with Crippen molar-refractivity contribution in [2.75, 3.05) is 0 Å². The van der Waals surface area contributed by atoms with Crippen molar-refractivity contribution in [1.82, 2.24) is 15.0 Å². The molecule has 8 heteroatoms. The standard InChI is InChI=1S/C18H15BFN3O3/c1-11-15-7-2-12(8-16(15)19(25)26-11)9-18(24)17-10-23(22-21-17)14-5-3-13(20)4-6-14/h2-8,10-11,25H,9H2,1H3. The Hall–Kier alpha value is -2.84. The number of fused-ring (bicyclic) bond motifs is 1. The number of rotatable bonds is 4. The van der Waals surface area contributed by atoms with Crippen LogP contribution in [0.15, 0.2) is 48.7 Å².